The molecule has 0 aromatic rings. The van der Waals surface area contributed by atoms with Crippen LogP contribution in [-0.4, -0.2) is 23.8 Å². The number of epoxide rings is 1. The van der Waals surface area contributed by atoms with Gasteiger partial charge < -0.3 is 4.74 Å². The second-order valence-corrected chi connectivity index (χ2v) is 5.11. The highest BCUT2D eigenvalue weighted by Crippen LogP contribution is 2.63. The van der Waals surface area contributed by atoms with Gasteiger partial charge in [-0.1, -0.05) is 0 Å². The van der Waals surface area contributed by atoms with Crippen LogP contribution >= 0.6 is 0 Å². The highest BCUT2D eigenvalue weighted by molar-refractivity contribution is 5.97. The number of Topliss-reactive ketones (excluding diaryl/α,β-unsaturated/α-hetero) is 2. The molecule has 1 saturated heterocycles. The average Bonchev–Trinajstić information content (AvgIpc) is 2.79. The maximum Gasteiger partial charge on any atom is 0.137 e. The lowest BCUT2D eigenvalue weighted by Gasteiger charge is -2.30. The number of hydrogen-bond acceptors (Lipinski definition) is 3. The SMILES string of the molecule is O=C1CCC(=O)[C@@H]2[C@H]3C[C@@H]([C@@H]4O[C@@H]34)[C@@H]12. The quantitative estimate of drug-likeness (QED) is 0.527. The standard InChI is InChI=1S/C11H12O3/c12-6-1-2-7(13)9-5-3-4(8(6)9)10-11(5)14-10/h4-5,8-11H,1-3H2/t4-,5-,8+,9+,10+,11+/m1/s1. The van der Waals surface area contributed by atoms with E-state index in [9.17, 15) is 9.59 Å². The Morgan fingerprint density at radius 3 is 1.93 bits per heavy atom. The Bertz CT molecular complexity index is 316. The van der Waals surface area contributed by atoms with Crippen LogP contribution in [-0.2, 0) is 14.3 Å². The van der Waals surface area contributed by atoms with Gasteiger partial charge in [0.2, 0.25) is 0 Å². The zero-order valence-electron chi connectivity index (χ0n) is 7.81. The molecule has 6 atom stereocenters. The van der Waals surface area contributed by atoms with Gasteiger partial charge in [0.1, 0.15) is 11.6 Å². The van der Waals surface area contributed by atoms with E-state index in [0.29, 0.717) is 48.5 Å². The summed E-state index contributed by atoms with van der Waals surface area (Å²) >= 11 is 0. The second-order valence-electron chi connectivity index (χ2n) is 5.11. The van der Waals surface area contributed by atoms with Crippen molar-refractivity contribution in [1.29, 1.82) is 0 Å². The molecule has 14 heavy (non-hydrogen) atoms. The van der Waals surface area contributed by atoms with Gasteiger partial charge in [-0.3, -0.25) is 9.59 Å². The van der Waals surface area contributed by atoms with Crippen LogP contribution in [0.5, 0.6) is 0 Å². The molecule has 3 heteroatoms. The predicted molar refractivity (Wildman–Crippen MR) is 46.5 cm³/mol. The molecule has 0 aromatic carbocycles. The lowest BCUT2D eigenvalue weighted by atomic mass is 9.69. The van der Waals surface area contributed by atoms with Crippen molar-refractivity contribution in [2.45, 2.75) is 31.5 Å². The molecular weight excluding hydrogens is 180 g/mol. The zero-order chi connectivity index (χ0) is 9.45. The van der Waals surface area contributed by atoms with Crippen LogP contribution in [0.15, 0.2) is 0 Å². The Morgan fingerprint density at radius 2 is 1.43 bits per heavy atom. The monoisotopic (exact) mass is 192 g/mol. The second kappa shape index (κ2) is 2.11. The van der Waals surface area contributed by atoms with Crippen LogP contribution in [0.25, 0.3) is 0 Å². The van der Waals surface area contributed by atoms with Crippen molar-refractivity contribution in [3.05, 3.63) is 0 Å². The van der Waals surface area contributed by atoms with Crippen LogP contribution in [0.2, 0.25) is 0 Å². The van der Waals surface area contributed by atoms with Gasteiger partial charge in [0.15, 0.2) is 0 Å². The molecule has 3 nitrogen and oxygen atoms in total. The fraction of sp³-hybridized carbons (Fsp3) is 0.818. The molecule has 3 saturated carbocycles. The van der Waals surface area contributed by atoms with E-state index in [2.05, 4.69) is 0 Å². The van der Waals surface area contributed by atoms with Crippen LogP contribution < -0.4 is 0 Å². The number of fused-ring (bicyclic) bond motifs is 8. The highest BCUT2D eigenvalue weighted by Gasteiger charge is 2.70. The first kappa shape index (κ1) is 7.57. The summed E-state index contributed by atoms with van der Waals surface area (Å²) < 4.78 is 5.52. The number of carbonyl (C=O) groups is 2. The van der Waals surface area contributed by atoms with Crippen LogP contribution in [0, 0.1) is 23.7 Å². The third-order valence-electron chi connectivity index (χ3n) is 4.62. The summed E-state index contributed by atoms with van der Waals surface area (Å²) in [6.07, 6.45) is 2.73. The minimum atomic E-state index is 0.0463. The summed E-state index contributed by atoms with van der Waals surface area (Å²) in [6.45, 7) is 0. The molecule has 74 valence electrons. The van der Waals surface area contributed by atoms with Gasteiger partial charge >= 0.3 is 0 Å². The number of rotatable bonds is 0. The molecule has 3 aliphatic carbocycles. The molecular formula is C11H12O3. The molecule has 2 bridgehead atoms. The van der Waals surface area contributed by atoms with Gasteiger partial charge in [0.25, 0.3) is 0 Å². The van der Waals surface area contributed by atoms with E-state index in [1.54, 1.807) is 0 Å². The smallest absolute Gasteiger partial charge is 0.137 e. The summed E-state index contributed by atoms with van der Waals surface area (Å²) in [5, 5.41) is 0. The third-order valence-corrected chi connectivity index (χ3v) is 4.62. The molecule has 0 radical (unpaired) electrons. The summed E-state index contributed by atoms with van der Waals surface area (Å²) in [5.41, 5.74) is 0. The Labute approximate surface area is 81.8 Å². The highest BCUT2D eigenvalue weighted by atomic mass is 16.6. The van der Waals surface area contributed by atoms with E-state index in [4.69, 9.17) is 4.74 Å². The first-order valence-electron chi connectivity index (χ1n) is 5.48. The van der Waals surface area contributed by atoms with E-state index < -0.39 is 0 Å². The Hall–Kier alpha value is -0.700. The Morgan fingerprint density at radius 1 is 0.929 bits per heavy atom. The van der Waals surface area contributed by atoms with Gasteiger partial charge in [0, 0.05) is 24.7 Å². The van der Waals surface area contributed by atoms with Crippen LogP contribution in [0.3, 0.4) is 0 Å². The van der Waals surface area contributed by atoms with Crippen molar-refractivity contribution >= 4 is 11.6 Å². The first-order chi connectivity index (χ1) is 6.77. The molecule has 0 aromatic heterocycles. The zero-order valence-corrected chi connectivity index (χ0v) is 7.81. The first-order valence-corrected chi connectivity index (χ1v) is 5.48. The van der Waals surface area contributed by atoms with Gasteiger partial charge in [-0.2, -0.15) is 0 Å². The van der Waals surface area contributed by atoms with Gasteiger partial charge in [-0.25, -0.2) is 0 Å². The average molecular weight is 192 g/mol. The van der Waals surface area contributed by atoms with Crippen molar-refractivity contribution in [2.24, 2.45) is 23.7 Å². The largest absolute Gasteiger partial charge is 0.369 e. The fourth-order valence-corrected chi connectivity index (χ4v) is 4.10. The summed E-state index contributed by atoms with van der Waals surface area (Å²) in [4.78, 5) is 23.5. The minimum absolute atomic E-state index is 0.0463. The molecule has 0 spiro atoms. The number of ether oxygens (including phenoxy) is 1. The van der Waals surface area contributed by atoms with Crippen molar-refractivity contribution < 1.29 is 14.3 Å². The maximum atomic E-state index is 11.8. The van der Waals surface area contributed by atoms with Crippen LogP contribution in [0.1, 0.15) is 19.3 Å². The molecule has 1 aliphatic heterocycles. The molecule has 0 amide bonds. The third kappa shape index (κ3) is 0.670. The number of carbonyl (C=O) groups excluding carboxylic acids is 2. The fourth-order valence-electron chi connectivity index (χ4n) is 4.10. The Kier molecular flexibility index (Phi) is 1.14. The van der Waals surface area contributed by atoms with E-state index in [1.165, 1.54) is 0 Å². The van der Waals surface area contributed by atoms with E-state index >= 15 is 0 Å². The predicted octanol–water partition coefficient (Wildman–Crippen LogP) is 0.568. The Balaban J connectivity index is 1.79. The van der Waals surface area contributed by atoms with E-state index in [-0.39, 0.29) is 11.8 Å². The lowest BCUT2D eigenvalue weighted by Crippen LogP contribution is -2.41. The molecule has 4 fully saturated rings. The topological polar surface area (TPSA) is 46.7 Å². The molecule has 4 aliphatic rings. The normalized spacial score (nSPS) is 58.6. The van der Waals surface area contributed by atoms with Crippen LogP contribution in [0.4, 0.5) is 0 Å². The lowest BCUT2D eigenvalue weighted by molar-refractivity contribution is -0.139. The van der Waals surface area contributed by atoms with Crippen molar-refractivity contribution in [1.82, 2.24) is 0 Å². The van der Waals surface area contributed by atoms with Crippen molar-refractivity contribution in [3.63, 3.8) is 0 Å². The molecule has 4 rings (SSSR count). The number of hydrogen-bond donors (Lipinski definition) is 0. The molecule has 1 heterocycles. The molecule has 0 N–H and O–H groups in total. The summed E-state index contributed by atoms with van der Waals surface area (Å²) in [6, 6.07) is 0. The summed E-state index contributed by atoms with van der Waals surface area (Å²) in [7, 11) is 0. The van der Waals surface area contributed by atoms with E-state index in [0.717, 1.165) is 6.42 Å². The maximum absolute atomic E-state index is 11.8. The number of ketones is 2. The van der Waals surface area contributed by atoms with Gasteiger partial charge in [-0.05, 0) is 18.3 Å². The van der Waals surface area contributed by atoms with Gasteiger partial charge in [-0.15, -0.1) is 0 Å². The summed E-state index contributed by atoms with van der Waals surface area (Å²) in [5.74, 6) is 1.54. The minimum Gasteiger partial charge on any atom is -0.369 e. The molecule has 0 unspecified atom stereocenters. The van der Waals surface area contributed by atoms with Crippen molar-refractivity contribution in [2.75, 3.05) is 0 Å². The van der Waals surface area contributed by atoms with E-state index in [1.807, 2.05) is 0 Å². The van der Waals surface area contributed by atoms with Gasteiger partial charge in [0.05, 0.1) is 12.2 Å². The van der Waals surface area contributed by atoms with Crippen molar-refractivity contribution in [3.8, 4) is 0 Å².